The van der Waals surface area contributed by atoms with Crippen molar-refractivity contribution < 1.29 is 35.9 Å². The van der Waals surface area contributed by atoms with Gasteiger partial charge in [0.2, 0.25) is 0 Å². The fourth-order valence-electron chi connectivity index (χ4n) is 3.25. The van der Waals surface area contributed by atoms with Gasteiger partial charge in [0.25, 0.3) is 12.3 Å². The average Bonchev–Trinajstić information content (AvgIpc) is 2.68. The van der Waals surface area contributed by atoms with Crippen molar-refractivity contribution in [2.24, 2.45) is 16.6 Å². The molecule has 2 atom stereocenters. The Bertz CT molecular complexity index is 978. The maximum Gasteiger partial charge on any atom is 0.417 e. The third kappa shape index (κ3) is 4.69. The number of nitrogens with zero attached hydrogens (tertiary/aromatic N) is 2. The first-order valence-electron chi connectivity index (χ1n) is 8.74. The summed E-state index contributed by atoms with van der Waals surface area (Å²) in [7, 11) is 0. The Morgan fingerprint density at radius 1 is 1.35 bits per heavy atom. The Hall–Kier alpha value is -2.60. The molecule has 31 heavy (non-hydrogen) atoms. The van der Waals surface area contributed by atoms with Crippen LogP contribution in [-0.4, -0.2) is 41.9 Å². The van der Waals surface area contributed by atoms with E-state index in [4.69, 9.17) is 22.1 Å². The van der Waals surface area contributed by atoms with Crippen molar-refractivity contribution >= 4 is 23.3 Å². The van der Waals surface area contributed by atoms with Gasteiger partial charge in [0.1, 0.15) is 24.0 Å². The van der Waals surface area contributed by atoms with Gasteiger partial charge in [-0.1, -0.05) is 11.6 Å². The third-order valence-electron chi connectivity index (χ3n) is 4.77. The molecule has 1 amide bonds. The lowest BCUT2D eigenvalue weighted by molar-refractivity contribution is -0.137. The predicted octanol–water partition coefficient (Wildman–Crippen LogP) is 3.63. The summed E-state index contributed by atoms with van der Waals surface area (Å²) in [4.78, 5) is 19.6. The molecule has 0 bridgehead atoms. The number of amidine groups is 1. The van der Waals surface area contributed by atoms with E-state index in [-0.39, 0.29) is 18.1 Å². The molecule has 1 aliphatic carbocycles. The summed E-state index contributed by atoms with van der Waals surface area (Å²) < 4.78 is 85.5. The van der Waals surface area contributed by atoms with Crippen LogP contribution in [0.5, 0.6) is 0 Å². The van der Waals surface area contributed by atoms with Crippen LogP contribution in [0.1, 0.15) is 22.5 Å². The van der Waals surface area contributed by atoms with E-state index >= 15 is 0 Å². The minimum absolute atomic E-state index is 0.00790. The lowest BCUT2D eigenvalue weighted by Crippen LogP contribution is -2.53. The van der Waals surface area contributed by atoms with E-state index in [1.165, 1.54) is 0 Å². The Kier molecular flexibility index (Phi) is 6.33. The molecule has 0 radical (unpaired) electrons. The largest absolute Gasteiger partial charge is 0.417 e. The number of hydrogen-bond donors (Lipinski definition) is 2. The van der Waals surface area contributed by atoms with Gasteiger partial charge >= 0.3 is 6.18 Å². The zero-order chi connectivity index (χ0) is 23.0. The van der Waals surface area contributed by atoms with Crippen molar-refractivity contribution in [2.75, 3.05) is 13.2 Å². The maximum absolute atomic E-state index is 14.5. The number of nitrogens with two attached hydrogens (primary N) is 1. The summed E-state index contributed by atoms with van der Waals surface area (Å²) >= 11 is 5.74. The summed E-state index contributed by atoms with van der Waals surface area (Å²) in [5.74, 6) is -3.62. The second-order valence-corrected chi connectivity index (χ2v) is 7.30. The average molecular weight is 469 g/mol. The molecule has 168 valence electrons. The maximum atomic E-state index is 14.5. The van der Waals surface area contributed by atoms with Gasteiger partial charge in [-0.05, 0) is 24.6 Å². The van der Waals surface area contributed by atoms with E-state index in [2.05, 4.69) is 15.3 Å². The molecule has 13 heteroatoms. The second kappa shape index (κ2) is 8.50. The highest BCUT2D eigenvalue weighted by molar-refractivity contribution is 6.33. The van der Waals surface area contributed by atoms with Gasteiger partial charge in [-0.3, -0.25) is 9.79 Å². The van der Waals surface area contributed by atoms with Crippen molar-refractivity contribution in [2.45, 2.75) is 24.6 Å². The zero-order valence-corrected chi connectivity index (χ0v) is 16.3. The van der Waals surface area contributed by atoms with Gasteiger partial charge in [-0.25, -0.2) is 18.2 Å². The van der Waals surface area contributed by atoms with E-state index in [1.54, 1.807) is 0 Å². The SMILES string of the molecule is NC1=N[C@](C(F)F)(C2CC(NC(=O)c3ncc(C(F)(F)F)cc3Cl)=CC=C2F)COC1. The minimum Gasteiger partial charge on any atom is -0.386 e. The van der Waals surface area contributed by atoms with Crippen LogP contribution < -0.4 is 11.1 Å². The number of hydrogen-bond acceptors (Lipinski definition) is 5. The highest BCUT2D eigenvalue weighted by atomic mass is 35.5. The standard InChI is InChI=1S/C18H15ClF6N4O2/c19-11-3-8(18(23,24)25)5-27-14(11)15(30)28-9-1-2-12(20)10(4-9)17(16(21)22)7-31-6-13(26)29-17/h1-3,5,10,16H,4,6-7H2,(H2,26,29)(H,28,30)/t10?,17-/m0/s1. The number of allylic oxidation sites excluding steroid dienone is 3. The molecule has 0 fully saturated rings. The number of carbonyl (C=O) groups is 1. The molecular weight excluding hydrogens is 454 g/mol. The Morgan fingerprint density at radius 3 is 2.65 bits per heavy atom. The third-order valence-corrected chi connectivity index (χ3v) is 5.06. The van der Waals surface area contributed by atoms with Crippen LogP contribution >= 0.6 is 11.6 Å². The molecule has 1 aromatic rings. The molecule has 3 N–H and O–H groups in total. The van der Waals surface area contributed by atoms with Crippen molar-refractivity contribution in [1.82, 2.24) is 10.3 Å². The van der Waals surface area contributed by atoms with E-state index in [0.29, 0.717) is 12.3 Å². The van der Waals surface area contributed by atoms with E-state index in [0.717, 1.165) is 12.2 Å². The van der Waals surface area contributed by atoms with Crippen LogP contribution in [0.3, 0.4) is 0 Å². The molecule has 2 heterocycles. The lowest BCUT2D eigenvalue weighted by atomic mass is 9.78. The first-order valence-corrected chi connectivity index (χ1v) is 9.12. The highest BCUT2D eigenvalue weighted by Crippen LogP contribution is 2.42. The topological polar surface area (TPSA) is 89.6 Å². The summed E-state index contributed by atoms with van der Waals surface area (Å²) in [6, 6.07) is 0.531. The monoisotopic (exact) mass is 468 g/mol. The van der Waals surface area contributed by atoms with Crippen LogP contribution in [0.15, 0.2) is 40.9 Å². The number of ether oxygens (including phenoxy) is 1. The van der Waals surface area contributed by atoms with Gasteiger partial charge in [0, 0.05) is 17.8 Å². The summed E-state index contributed by atoms with van der Waals surface area (Å²) in [5, 5.41) is 1.74. The zero-order valence-electron chi connectivity index (χ0n) is 15.5. The first kappa shape index (κ1) is 23.1. The number of aliphatic imine (C=N–C) groups is 1. The predicted molar refractivity (Wildman–Crippen MR) is 98.3 cm³/mol. The number of carbonyl (C=O) groups excluding carboxylic acids is 1. The van der Waals surface area contributed by atoms with E-state index in [9.17, 15) is 31.1 Å². The Balaban J connectivity index is 1.82. The molecule has 1 unspecified atom stereocenters. The van der Waals surface area contributed by atoms with Crippen LogP contribution in [0.25, 0.3) is 0 Å². The molecule has 0 saturated heterocycles. The number of alkyl halides is 5. The number of halogens is 7. The van der Waals surface area contributed by atoms with Crippen LogP contribution in [-0.2, 0) is 10.9 Å². The first-order chi connectivity index (χ1) is 14.4. The number of nitrogens with one attached hydrogen (secondary N) is 1. The Labute approximate surface area is 176 Å². The molecule has 1 aliphatic heterocycles. The molecule has 3 rings (SSSR count). The Morgan fingerprint density at radius 2 is 2.06 bits per heavy atom. The summed E-state index contributed by atoms with van der Waals surface area (Å²) in [6.45, 7) is -0.769. The van der Waals surface area contributed by atoms with Crippen molar-refractivity contribution in [3.63, 3.8) is 0 Å². The molecule has 0 saturated carbocycles. The molecule has 2 aliphatic rings. The number of pyridine rings is 1. The lowest BCUT2D eigenvalue weighted by Gasteiger charge is -2.39. The van der Waals surface area contributed by atoms with Crippen molar-refractivity contribution in [3.05, 3.63) is 52.2 Å². The molecule has 1 aromatic heterocycles. The van der Waals surface area contributed by atoms with Gasteiger partial charge in [-0.2, -0.15) is 13.2 Å². The van der Waals surface area contributed by atoms with Crippen LogP contribution in [0, 0.1) is 5.92 Å². The van der Waals surface area contributed by atoms with Crippen molar-refractivity contribution in [3.8, 4) is 0 Å². The van der Waals surface area contributed by atoms with Gasteiger partial charge in [0.05, 0.1) is 17.2 Å². The highest BCUT2D eigenvalue weighted by Gasteiger charge is 2.51. The summed E-state index contributed by atoms with van der Waals surface area (Å²) in [6.07, 6.45) is -5.79. The fraction of sp³-hybridized carbons (Fsp3) is 0.389. The van der Waals surface area contributed by atoms with E-state index < -0.39 is 65.1 Å². The second-order valence-electron chi connectivity index (χ2n) is 6.89. The van der Waals surface area contributed by atoms with E-state index in [1.807, 2.05) is 0 Å². The fourth-order valence-corrected chi connectivity index (χ4v) is 3.50. The van der Waals surface area contributed by atoms with Crippen LogP contribution in [0.4, 0.5) is 26.3 Å². The van der Waals surface area contributed by atoms with Gasteiger partial charge in [0.15, 0.2) is 5.54 Å². The molecule has 6 nitrogen and oxygen atoms in total. The van der Waals surface area contributed by atoms with Crippen molar-refractivity contribution in [1.29, 1.82) is 0 Å². The smallest absolute Gasteiger partial charge is 0.386 e. The van der Waals surface area contributed by atoms with Gasteiger partial charge in [-0.15, -0.1) is 0 Å². The quantitative estimate of drug-likeness (QED) is 0.660. The molecule has 0 spiro atoms. The minimum atomic E-state index is -4.71. The normalized spacial score (nSPS) is 24.4. The number of aromatic nitrogens is 1. The number of amides is 1. The molecular formula is C18H15ClF6N4O2. The van der Waals surface area contributed by atoms with Gasteiger partial charge < -0.3 is 15.8 Å². The number of rotatable bonds is 4. The molecule has 0 aromatic carbocycles. The summed E-state index contributed by atoms with van der Waals surface area (Å²) in [5.41, 5.74) is 1.56. The van der Waals surface area contributed by atoms with Crippen LogP contribution in [0.2, 0.25) is 5.02 Å².